The molecular formula is C12H26N2. The van der Waals surface area contributed by atoms with Crippen molar-refractivity contribution in [1.29, 1.82) is 0 Å². The molecule has 0 aromatic carbocycles. The largest absolute Gasteiger partial charge is 0.313 e. The average Bonchev–Trinajstić information content (AvgIpc) is 2.99. The van der Waals surface area contributed by atoms with Crippen LogP contribution in [0.2, 0.25) is 0 Å². The Bertz CT molecular complexity index is 154. The van der Waals surface area contributed by atoms with Gasteiger partial charge in [-0.1, -0.05) is 13.8 Å². The fourth-order valence-corrected chi connectivity index (χ4v) is 2.08. The molecule has 0 radical (unpaired) electrons. The quantitative estimate of drug-likeness (QED) is 0.674. The molecule has 0 aromatic heterocycles. The fraction of sp³-hybridized carbons (Fsp3) is 1.00. The summed E-state index contributed by atoms with van der Waals surface area (Å²) in [7, 11) is 2.27. The minimum absolute atomic E-state index is 0.672. The van der Waals surface area contributed by atoms with E-state index in [-0.39, 0.29) is 0 Å². The third-order valence-electron chi connectivity index (χ3n) is 3.49. The van der Waals surface area contributed by atoms with Crippen LogP contribution in [0.1, 0.15) is 40.0 Å². The van der Waals surface area contributed by atoms with Gasteiger partial charge >= 0.3 is 0 Å². The van der Waals surface area contributed by atoms with Crippen molar-refractivity contribution in [1.82, 2.24) is 10.2 Å². The zero-order valence-corrected chi connectivity index (χ0v) is 10.2. The van der Waals surface area contributed by atoms with Crippen molar-refractivity contribution in [3.05, 3.63) is 0 Å². The topological polar surface area (TPSA) is 15.3 Å². The summed E-state index contributed by atoms with van der Waals surface area (Å²) in [5.74, 6) is 0.985. The first-order chi connectivity index (χ1) is 6.69. The maximum atomic E-state index is 3.54. The Labute approximate surface area is 89.1 Å². The molecule has 2 atom stereocenters. The molecule has 2 unspecified atom stereocenters. The maximum absolute atomic E-state index is 3.54. The summed E-state index contributed by atoms with van der Waals surface area (Å²) < 4.78 is 0. The highest BCUT2D eigenvalue weighted by Gasteiger charge is 2.30. The van der Waals surface area contributed by atoms with Crippen molar-refractivity contribution < 1.29 is 0 Å². The molecule has 1 saturated carbocycles. The summed E-state index contributed by atoms with van der Waals surface area (Å²) in [5.41, 5.74) is 0. The second-order valence-corrected chi connectivity index (χ2v) is 4.68. The van der Waals surface area contributed by atoms with Gasteiger partial charge in [-0.25, -0.2) is 0 Å². The number of nitrogens with one attached hydrogen (secondary N) is 1. The fourth-order valence-electron chi connectivity index (χ4n) is 2.08. The number of hydrogen-bond donors (Lipinski definition) is 1. The molecule has 0 bridgehead atoms. The van der Waals surface area contributed by atoms with Gasteiger partial charge in [0.25, 0.3) is 0 Å². The number of hydrogen-bond acceptors (Lipinski definition) is 2. The van der Waals surface area contributed by atoms with E-state index in [1.165, 1.54) is 25.8 Å². The van der Waals surface area contributed by atoms with E-state index >= 15 is 0 Å². The van der Waals surface area contributed by atoms with Crippen molar-refractivity contribution in [2.24, 2.45) is 5.92 Å². The van der Waals surface area contributed by atoms with E-state index in [0.29, 0.717) is 6.04 Å². The summed E-state index contributed by atoms with van der Waals surface area (Å²) in [6.45, 7) is 9.11. The Morgan fingerprint density at radius 1 is 1.36 bits per heavy atom. The third kappa shape index (κ3) is 3.58. The Balaban J connectivity index is 2.25. The SMILES string of the molecule is CCNC(CC)CN(C)C(C)C1CC1. The minimum Gasteiger partial charge on any atom is -0.313 e. The molecule has 84 valence electrons. The van der Waals surface area contributed by atoms with Crippen LogP contribution in [0.5, 0.6) is 0 Å². The van der Waals surface area contributed by atoms with E-state index in [1.807, 2.05) is 0 Å². The third-order valence-corrected chi connectivity index (χ3v) is 3.49. The molecule has 0 saturated heterocycles. The van der Waals surface area contributed by atoms with Gasteiger partial charge in [-0.3, -0.25) is 0 Å². The van der Waals surface area contributed by atoms with E-state index < -0.39 is 0 Å². The highest BCUT2D eigenvalue weighted by atomic mass is 15.2. The monoisotopic (exact) mass is 198 g/mol. The number of rotatable bonds is 7. The first-order valence-electron chi connectivity index (χ1n) is 6.12. The maximum Gasteiger partial charge on any atom is 0.0192 e. The molecule has 2 heteroatoms. The lowest BCUT2D eigenvalue weighted by molar-refractivity contribution is 0.208. The van der Waals surface area contributed by atoms with Crippen LogP contribution in [-0.2, 0) is 0 Å². The highest BCUT2D eigenvalue weighted by Crippen LogP contribution is 2.34. The summed E-state index contributed by atoms with van der Waals surface area (Å²) in [5, 5.41) is 3.54. The van der Waals surface area contributed by atoms with Gasteiger partial charge in [-0.2, -0.15) is 0 Å². The van der Waals surface area contributed by atoms with Crippen molar-refractivity contribution in [2.45, 2.75) is 52.1 Å². The van der Waals surface area contributed by atoms with Gasteiger partial charge < -0.3 is 10.2 Å². The molecule has 0 heterocycles. The van der Waals surface area contributed by atoms with Crippen molar-refractivity contribution in [3.8, 4) is 0 Å². The lowest BCUT2D eigenvalue weighted by Gasteiger charge is -2.29. The van der Waals surface area contributed by atoms with Crippen LogP contribution in [0.15, 0.2) is 0 Å². The lowest BCUT2D eigenvalue weighted by Crippen LogP contribution is -2.43. The lowest BCUT2D eigenvalue weighted by atomic mass is 10.1. The van der Waals surface area contributed by atoms with Crippen LogP contribution in [0.25, 0.3) is 0 Å². The van der Waals surface area contributed by atoms with Gasteiger partial charge in [-0.05, 0) is 45.7 Å². The number of nitrogens with zero attached hydrogens (tertiary/aromatic N) is 1. The molecule has 2 nitrogen and oxygen atoms in total. The standard InChI is InChI=1S/C12H26N2/c1-5-12(13-6-2)9-14(4)10(3)11-7-8-11/h10-13H,5-9H2,1-4H3. The smallest absolute Gasteiger partial charge is 0.0192 e. The van der Waals surface area contributed by atoms with E-state index in [9.17, 15) is 0 Å². The van der Waals surface area contributed by atoms with E-state index in [4.69, 9.17) is 0 Å². The predicted octanol–water partition coefficient (Wildman–Crippen LogP) is 2.10. The Kier molecular flexibility index (Phi) is 4.90. The van der Waals surface area contributed by atoms with Crippen molar-refractivity contribution >= 4 is 0 Å². The van der Waals surface area contributed by atoms with Crippen molar-refractivity contribution in [2.75, 3.05) is 20.1 Å². The minimum atomic E-state index is 0.672. The molecule has 0 amide bonds. The van der Waals surface area contributed by atoms with Gasteiger partial charge in [0.05, 0.1) is 0 Å². The summed E-state index contributed by atoms with van der Waals surface area (Å²) in [6, 6.07) is 1.45. The van der Waals surface area contributed by atoms with Crippen LogP contribution >= 0.6 is 0 Å². The Morgan fingerprint density at radius 2 is 2.00 bits per heavy atom. The van der Waals surface area contributed by atoms with E-state index in [2.05, 4.69) is 38.0 Å². The molecule has 14 heavy (non-hydrogen) atoms. The Hall–Kier alpha value is -0.0800. The summed E-state index contributed by atoms with van der Waals surface area (Å²) >= 11 is 0. The second-order valence-electron chi connectivity index (χ2n) is 4.68. The van der Waals surface area contributed by atoms with Crippen LogP contribution in [0, 0.1) is 5.92 Å². The van der Waals surface area contributed by atoms with Crippen LogP contribution in [0.3, 0.4) is 0 Å². The highest BCUT2D eigenvalue weighted by molar-refractivity contribution is 4.85. The summed E-state index contributed by atoms with van der Waals surface area (Å²) in [4.78, 5) is 2.52. The molecule has 0 aromatic rings. The average molecular weight is 198 g/mol. The van der Waals surface area contributed by atoms with Gasteiger partial charge in [0.1, 0.15) is 0 Å². The molecule has 1 N–H and O–H groups in total. The van der Waals surface area contributed by atoms with Gasteiger partial charge in [0.15, 0.2) is 0 Å². The predicted molar refractivity (Wildman–Crippen MR) is 62.6 cm³/mol. The van der Waals surface area contributed by atoms with Crippen LogP contribution in [-0.4, -0.2) is 37.1 Å². The molecule has 1 aliphatic carbocycles. The molecule has 1 aliphatic rings. The first kappa shape index (κ1) is 12.0. The molecule has 1 rings (SSSR count). The summed E-state index contributed by atoms with van der Waals surface area (Å²) in [6.07, 6.45) is 4.13. The van der Waals surface area contributed by atoms with Crippen LogP contribution in [0.4, 0.5) is 0 Å². The molecule has 0 spiro atoms. The zero-order chi connectivity index (χ0) is 10.6. The van der Waals surface area contributed by atoms with Gasteiger partial charge in [0.2, 0.25) is 0 Å². The van der Waals surface area contributed by atoms with Crippen molar-refractivity contribution in [3.63, 3.8) is 0 Å². The zero-order valence-electron chi connectivity index (χ0n) is 10.2. The molecule has 0 aliphatic heterocycles. The first-order valence-corrected chi connectivity index (χ1v) is 6.12. The number of likely N-dealkylation sites (N-methyl/N-ethyl adjacent to an activating group) is 2. The van der Waals surface area contributed by atoms with Gasteiger partial charge in [-0.15, -0.1) is 0 Å². The second kappa shape index (κ2) is 5.72. The Morgan fingerprint density at radius 3 is 2.43 bits per heavy atom. The van der Waals surface area contributed by atoms with Gasteiger partial charge in [0, 0.05) is 18.6 Å². The molecular weight excluding hydrogens is 172 g/mol. The van der Waals surface area contributed by atoms with E-state index in [0.717, 1.165) is 18.5 Å². The van der Waals surface area contributed by atoms with Crippen LogP contribution < -0.4 is 5.32 Å². The molecule has 1 fully saturated rings. The van der Waals surface area contributed by atoms with E-state index in [1.54, 1.807) is 0 Å². The normalized spacial score (nSPS) is 21.2.